The Labute approximate surface area is 144 Å². The molecule has 0 fully saturated rings. The maximum Gasteiger partial charge on any atom is 0.335 e. The Bertz CT molecular complexity index is 702. The Kier molecular flexibility index (Phi) is 6.17. The van der Waals surface area contributed by atoms with E-state index >= 15 is 0 Å². The van der Waals surface area contributed by atoms with Crippen molar-refractivity contribution >= 4 is 29.3 Å². The summed E-state index contributed by atoms with van der Waals surface area (Å²) in [5.41, 5.74) is 1.58. The Balaban J connectivity index is 1.92. The van der Waals surface area contributed by atoms with Gasteiger partial charge in [-0.1, -0.05) is 23.7 Å². The van der Waals surface area contributed by atoms with Crippen molar-refractivity contribution in [2.75, 3.05) is 11.9 Å². The molecule has 0 aromatic heterocycles. The van der Waals surface area contributed by atoms with Crippen molar-refractivity contribution in [1.82, 2.24) is 5.32 Å². The second-order valence-electron chi connectivity index (χ2n) is 5.19. The lowest BCUT2D eigenvalue weighted by Gasteiger charge is -2.17. The second kappa shape index (κ2) is 8.33. The minimum Gasteiger partial charge on any atom is -0.478 e. The third kappa shape index (κ3) is 5.26. The molecule has 0 heterocycles. The molecule has 0 saturated carbocycles. The highest BCUT2D eigenvalue weighted by Crippen LogP contribution is 2.13. The van der Waals surface area contributed by atoms with Crippen molar-refractivity contribution in [3.05, 3.63) is 64.7 Å². The summed E-state index contributed by atoms with van der Waals surface area (Å²) in [6.45, 7) is -0.241. The highest BCUT2D eigenvalue weighted by atomic mass is 35.5. The molecule has 1 unspecified atom stereocenters. The van der Waals surface area contributed by atoms with Crippen molar-refractivity contribution in [1.29, 1.82) is 0 Å². The van der Waals surface area contributed by atoms with Crippen molar-refractivity contribution in [2.45, 2.75) is 12.5 Å². The number of carbonyl (C=O) groups excluding carboxylic acids is 1. The molecule has 0 saturated heterocycles. The zero-order chi connectivity index (χ0) is 17.5. The molecule has 0 aliphatic carbocycles. The van der Waals surface area contributed by atoms with E-state index in [0.29, 0.717) is 17.1 Å². The first-order valence-corrected chi connectivity index (χ1v) is 7.62. The van der Waals surface area contributed by atoms with Gasteiger partial charge in [0.15, 0.2) is 0 Å². The van der Waals surface area contributed by atoms with E-state index in [0.717, 1.165) is 5.56 Å². The standard InChI is InChI=1S/C17H17ClN2O4/c18-13-5-7-14(8-6-13)19-17(24)20-15(10-21)9-11-1-3-12(4-2-11)16(22)23/h1-8,15,21H,9-10H2,(H,22,23)(H2,19,20,24). The van der Waals surface area contributed by atoms with Crippen LogP contribution in [0, 0.1) is 0 Å². The minimum atomic E-state index is -0.999. The quantitative estimate of drug-likeness (QED) is 0.645. The molecule has 0 radical (unpaired) electrons. The van der Waals surface area contributed by atoms with E-state index in [9.17, 15) is 14.7 Å². The van der Waals surface area contributed by atoms with Gasteiger partial charge in [0.2, 0.25) is 0 Å². The first-order chi connectivity index (χ1) is 11.5. The minimum absolute atomic E-state index is 0.188. The number of aliphatic hydroxyl groups is 1. The van der Waals surface area contributed by atoms with Gasteiger partial charge in [0, 0.05) is 10.7 Å². The van der Waals surface area contributed by atoms with E-state index < -0.39 is 18.0 Å². The molecule has 6 nitrogen and oxygen atoms in total. The zero-order valence-corrected chi connectivity index (χ0v) is 13.5. The van der Waals surface area contributed by atoms with Crippen LogP contribution in [-0.4, -0.2) is 34.9 Å². The number of halogens is 1. The van der Waals surface area contributed by atoms with E-state index in [1.54, 1.807) is 36.4 Å². The molecule has 2 rings (SSSR count). The number of carbonyl (C=O) groups is 2. The number of aromatic carboxylic acids is 1. The average Bonchev–Trinajstić information content (AvgIpc) is 2.56. The van der Waals surface area contributed by atoms with Crippen molar-refractivity contribution in [3.63, 3.8) is 0 Å². The second-order valence-corrected chi connectivity index (χ2v) is 5.63. The summed E-state index contributed by atoms with van der Waals surface area (Å²) in [5, 5.41) is 24.2. The number of hydrogen-bond acceptors (Lipinski definition) is 3. The molecule has 0 aliphatic heterocycles. The van der Waals surface area contributed by atoms with Crippen LogP contribution in [0.4, 0.5) is 10.5 Å². The Hall–Kier alpha value is -2.57. The number of carboxylic acid groups (broad SMARTS) is 1. The molecule has 7 heteroatoms. The number of carboxylic acids is 1. The van der Waals surface area contributed by atoms with Crippen LogP contribution in [-0.2, 0) is 6.42 Å². The average molecular weight is 349 g/mol. The predicted molar refractivity (Wildman–Crippen MR) is 91.6 cm³/mol. The van der Waals surface area contributed by atoms with Gasteiger partial charge in [0.25, 0.3) is 0 Å². The highest BCUT2D eigenvalue weighted by Gasteiger charge is 2.13. The molecule has 0 aliphatic rings. The van der Waals surface area contributed by atoms with E-state index in [1.165, 1.54) is 12.1 Å². The molecular weight excluding hydrogens is 332 g/mol. The fourth-order valence-corrected chi connectivity index (χ4v) is 2.24. The maximum atomic E-state index is 12.0. The molecule has 24 heavy (non-hydrogen) atoms. The largest absolute Gasteiger partial charge is 0.478 e. The van der Waals surface area contributed by atoms with Gasteiger partial charge in [-0.15, -0.1) is 0 Å². The summed E-state index contributed by atoms with van der Waals surface area (Å²) in [6.07, 6.45) is 0.379. The van der Waals surface area contributed by atoms with Gasteiger partial charge in [0.1, 0.15) is 0 Å². The van der Waals surface area contributed by atoms with E-state index in [1.807, 2.05) is 0 Å². The van der Waals surface area contributed by atoms with Gasteiger partial charge in [-0.05, 0) is 48.4 Å². The third-order valence-electron chi connectivity index (χ3n) is 3.34. The molecule has 1 atom stereocenters. The number of aliphatic hydroxyl groups excluding tert-OH is 1. The van der Waals surface area contributed by atoms with Crippen LogP contribution in [0.5, 0.6) is 0 Å². The van der Waals surface area contributed by atoms with Crippen LogP contribution in [0.25, 0.3) is 0 Å². The van der Waals surface area contributed by atoms with Crippen LogP contribution in [0.1, 0.15) is 15.9 Å². The fraction of sp³-hybridized carbons (Fsp3) is 0.176. The molecule has 2 aromatic carbocycles. The normalized spacial score (nSPS) is 11.6. The number of urea groups is 1. The lowest BCUT2D eigenvalue weighted by atomic mass is 10.0. The predicted octanol–water partition coefficient (Wildman–Crippen LogP) is 2.76. The summed E-state index contributed by atoms with van der Waals surface area (Å²) >= 11 is 5.78. The monoisotopic (exact) mass is 348 g/mol. The number of rotatable bonds is 6. The Morgan fingerprint density at radius 2 is 1.67 bits per heavy atom. The van der Waals surface area contributed by atoms with Gasteiger partial charge >= 0.3 is 12.0 Å². The lowest BCUT2D eigenvalue weighted by Crippen LogP contribution is -2.41. The molecule has 0 spiro atoms. The Morgan fingerprint density at radius 1 is 1.04 bits per heavy atom. The summed E-state index contributed by atoms with van der Waals surface area (Å²) in [7, 11) is 0. The van der Waals surface area contributed by atoms with Gasteiger partial charge in [-0.25, -0.2) is 9.59 Å². The smallest absolute Gasteiger partial charge is 0.335 e. The first kappa shape index (κ1) is 17.8. The number of nitrogens with one attached hydrogen (secondary N) is 2. The van der Waals surface area contributed by atoms with Gasteiger partial charge in [-0.2, -0.15) is 0 Å². The van der Waals surface area contributed by atoms with Crippen molar-refractivity contribution < 1.29 is 19.8 Å². The van der Waals surface area contributed by atoms with E-state index in [4.69, 9.17) is 16.7 Å². The van der Waals surface area contributed by atoms with Crippen LogP contribution >= 0.6 is 11.6 Å². The van der Waals surface area contributed by atoms with Crippen LogP contribution in [0.3, 0.4) is 0 Å². The molecule has 2 aromatic rings. The molecule has 0 bridgehead atoms. The van der Waals surface area contributed by atoms with Crippen LogP contribution < -0.4 is 10.6 Å². The van der Waals surface area contributed by atoms with E-state index in [2.05, 4.69) is 10.6 Å². The molecule has 4 N–H and O–H groups in total. The fourth-order valence-electron chi connectivity index (χ4n) is 2.11. The van der Waals surface area contributed by atoms with Gasteiger partial charge in [0.05, 0.1) is 18.2 Å². The number of anilines is 1. The number of benzene rings is 2. The van der Waals surface area contributed by atoms with Crippen molar-refractivity contribution in [3.8, 4) is 0 Å². The topological polar surface area (TPSA) is 98.7 Å². The SMILES string of the molecule is O=C(Nc1ccc(Cl)cc1)NC(CO)Cc1ccc(C(=O)O)cc1. The highest BCUT2D eigenvalue weighted by molar-refractivity contribution is 6.30. The third-order valence-corrected chi connectivity index (χ3v) is 3.59. The summed E-state index contributed by atoms with van der Waals surface area (Å²) < 4.78 is 0. The molecule has 2 amide bonds. The summed E-state index contributed by atoms with van der Waals surface area (Å²) in [4.78, 5) is 22.8. The maximum absolute atomic E-state index is 12.0. The first-order valence-electron chi connectivity index (χ1n) is 7.24. The molecular formula is C17H17ClN2O4. The Morgan fingerprint density at radius 3 is 2.21 bits per heavy atom. The van der Waals surface area contributed by atoms with Crippen molar-refractivity contribution in [2.24, 2.45) is 0 Å². The summed E-state index contributed by atoms with van der Waals surface area (Å²) in [6, 6.07) is 12.0. The number of amides is 2. The van der Waals surface area contributed by atoms with Gasteiger partial charge in [-0.3, -0.25) is 0 Å². The molecule has 126 valence electrons. The van der Waals surface area contributed by atoms with Gasteiger partial charge < -0.3 is 20.8 Å². The summed E-state index contributed by atoms with van der Waals surface area (Å²) in [5.74, 6) is -0.999. The number of hydrogen-bond donors (Lipinski definition) is 4. The van der Waals surface area contributed by atoms with Crippen LogP contribution in [0.2, 0.25) is 5.02 Å². The zero-order valence-electron chi connectivity index (χ0n) is 12.7. The van der Waals surface area contributed by atoms with E-state index in [-0.39, 0.29) is 12.2 Å². The van der Waals surface area contributed by atoms with Crippen LogP contribution in [0.15, 0.2) is 48.5 Å². The lowest BCUT2D eigenvalue weighted by molar-refractivity contribution is 0.0697.